The van der Waals surface area contributed by atoms with Crippen LogP contribution in [0, 0.1) is 0 Å². The highest BCUT2D eigenvalue weighted by Crippen LogP contribution is 2.00. The molecule has 0 aliphatic carbocycles. The number of hydrogen-bond acceptors (Lipinski definition) is 0. The van der Waals surface area contributed by atoms with E-state index >= 15 is 0 Å². The molecule has 0 saturated carbocycles. The summed E-state index contributed by atoms with van der Waals surface area (Å²) in [6.07, 6.45) is 9.21. The first-order chi connectivity index (χ1) is 6.79. The first-order valence-corrected chi connectivity index (χ1v) is 4.81. The van der Waals surface area contributed by atoms with E-state index in [1.165, 1.54) is 5.56 Å². The average Bonchev–Trinajstić information content (AvgIpc) is 2.18. The van der Waals surface area contributed by atoms with Crippen LogP contribution in [0.4, 0.5) is 0 Å². The topological polar surface area (TPSA) is 0 Å². The number of allylic oxidation sites excluding steroid dienone is 5. The molecule has 0 radical (unpaired) electrons. The fraction of sp³-hybridized carbons (Fsp3) is 0.143. The summed E-state index contributed by atoms with van der Waals surface area (Å²) in [6, 6.07) is 10.4. The van der Waals surface area contributed by atoms with Gasteiger partial charge in [0, 0.05) is 0 Å². The van der Waals surface area contributed by atoms with Crippen molar-refractivity contribution in [3.05, 3.63) is 72.4 Å². The maximum atomic E-state index is 3.79. The van der Waals surface area contributed by atoms with Gasteiger partial charge >= 0.3 is 0 Å². The quantitative estimate of drug-likeness (QED) is 0.622. The summed E-state index contributed by atoms with van der Waals surface area (Å²) < 4.78 is 0. The predicted molar refractivity (Wildman–Crippen MR) is 63.2 cm³/mol. The highest BCUT2D eigenvalue weighted by atomic mass is 13.9. The molecule has 0 aliphatic heterocycles. The molecule has 0 bridgehead atoms. The van der Waals surface area contributed by atoms with E-state index in [4.69, 9.17) is 0 Å². The summed E-state index contributed by atoms with van der Waals surface area (Å²) in [5, 5.41) is 0. The summed E-state index contributed by atoms with van der Waals surface area (Å²) in [4.78, 5) is 0. The molecule has 0 heterocycles. The second-order valence-electron chi connectivity index (χ2n) is 3.32. The largest absolute Gasteiger partial charge is 0.0961 e. The van der Waals surface area contributed by atoms with Crippen molar-refractivity contribution in [1.29, 1.82) is 0 Å². The van der Waals surface area contributed by atoms with Crippen LogP contribution in [0.2, 0.25) is 0 Å². The smallest absolute Gasteiger partial charge is 0.00943 e. The van der Waals surface area contributed by atoms with Crippen LogP contribution in [0.15, 0.2) is 66.8 Å². The van der Waals surface area contributed by atoms with E-state index in [1.54, 1.807) is 0 Å². The molecule has 0 atom stereocenters. The highest BCUT2D eigenvalue weighted by Gasteiger charge is 1.83. The van der Waals surface area contributed by atoms with Crippen LogP contribution in [0.5, 0.6) is 0 Å². The first kappa shape index (κ1) is 10.5. The molecule has 0 N–H and O–H groups in total. The molecule has 0 aliphatic rings. The van der Waals surface area contributed by atoms with Gasteiger partial charge in [-0.05, 0) is 18.9 Å². The van der Waals surface area contributed by atoms with E-state index in [0.29, 0.717) is 0 Å². The van der Waals surface area contributed by atoms with Gasteiger partial charge < -0.3 is 0 Å². The molecule has 14 heavy (non-hydrogen) atoms. The van der Waals surface area contributed by atoms with Crippen LogP contribution in [0.1, 0.15) is 12.5 Å². The molecule has 0 saturated heterocycles. The zero-order valence-corrected chi connectivity index (χ0v) is 8.61. The molecule has 0 aromatic heterocycles. The van der Waals surface area contributed by atoms with Crippen LogP contribution < -0.4 is 0 Å². The lowest BCUT2D eigenvalue weighted by atomic mass is 10.1. The third kappa shape index (κ3) is 4.46. The van der Waals surface area contributed by atoms with E-state index in [1.807, 2.05) is 25.1 Å². The molecule has 0 fully saturated rings. The maximum absolute atomic E-state index is 3.79. The predicted octanol–water partition coefficient (Wildman–Crippen LogP) is 3.92. The van der Waals surface area contributed by atoms with E-state index in [-0.39, 0.29) is 0 Å². The number of hydrogen-bond donors (Lipinski definition) is 0. The first-order valence-electron chi connectivity index (χ1n) is 4.81. The second-order valence-corrected chi connectivity index (χ2v) is 3.32. The molecular formula is C14H16. The Morgan fingerprint density at radius 2 is 1.93 bits per heavy atom. The summed E-state index contributed by atoms with van der Waals surface area (Å²) >= 11 is 0. The van der Waals surface area contributed by atoms with Crippen molar-refractivity contribution in [2.24, 2.45) is 0 Å². The fourth-order valence-corrected chi connectivity index (χ4v) is 1.12. The monoisotopic (exact) mass is 184 g/mol. The Labute approximate surface area is 86.3 Å². The molecular weight excluding hydrogens is 168 g/mol. The second kappa shape index (κ2) is 5.98. The van der Waals surface area contributed by atoms with Crippen molar-refractivity contribution in [3.8, 4) is 0 Å². The lowest BCUT2D eigenvalue weighted by molar-refractivity contribution is 1.27. The molecule has 1 aromatic carbocycles. The van der Waals surface area contributed by atoms with Crippen molar-refractivity contribution in [2.45, 2.75) is 13.3 Å². The molecule has 0 spiro atoms. The lowest BCUT2D eigenvalue weighted by Crippen LogP contribution is -1.77. The minimum atomic E-state index is 0.987. The minimum absolute atomic E-state index is 0.987. The average molecular weight is 184 g/mol. The summed E-state index contributed by atoms with van der Waals surface area (Å²) in [5.41, 5.74) is 2.42. The zero-order valence-electron chi connectivity index (χ0n) is 8.61. The SMILES string of the molecule is C=C(C)/C=C/C=C/Cc1ccccc1. The van der Waals surface area contributed by atoms with Crippen LogP contribution in [-0.2, 0) is 6.42 Å². The maximum Gasteiger partial charge on any atom is -0.00943 e. The summed E-state index contributed by atoms with van der Waals surface area (Å²) in [6.45, 7) is 5.78. The Kier molecular flexibility index (Phi) is 4.49. The molecule has 0 amide bonds. The van der Waals surface area contributed by atoms with Crippen molar-refractivity contribution in [2.75, 3.05) is 0 Å². The van der Waals surface area contributed by atoms with Crippen molar-refractivity contribution >= 4 is 0 Å². The van der Waals surface area contributed by atoms with Gasteiger partial charge in [0.05, 0.1) is 0 Å². The van der Waals surface area contributed by atoms with E-state index in [0.717, 1.165) is 12.0 Å². The summed E-state index contributed by atoms with van der Waals surface area (Å²) in [5.74, 6) is 0. The molecule has 0 unspecified atom stereocenters. The van der Waals surface area contributed by atoms with Crippen LogP contribution in [-0.4, -0.2) is 0 Å². The molecule has 0 heteroatoms. The van der Waals surface area contributed by atoms with E-state index in [9.17, 15) is 0 Å². The third-order valence-corrected chi connectivity index (χ3v) is 1.82. The van der Waals surface area contributed by atoms with Crippen molar-refractivity contribution in [3.63, 3.8) is 0 Å². The Bertz CT molecular complexity index is 328. The molecule has 1 rings (SSSR count). The van der Waals surface area contributed by atoms with Gasteiger partial charge in [-0.15, -0.1) is 0 Å². The molecule has 72 valence electrons. The van der Waals surface area contributed by atoms with Crippen molar-refractivity contribution < 1.29 is 0 Å². The number of rotatable bonds is 4. The third-order valence-electron chi connectivity index (χ3n) is 1.82. The zero-order chi connectivity index (χ0) is 10.2. The Hall–Kier alpha value is -1.56. The van der Waals surface area contributed by atoms with Gasteiger partial charge in [-0.25, -0.2) is 0 Å². The van der Waals surface area contributed by atoms with Crippen molar-refractivity contribution in [1.82, 2.24) is 0 Å². The van der Waals surface area contributed by atoms with Gasteiger partial charge in [0.25, 0.3) is 0 Å². The van der Waals surface area contributed by atoms with Crippen LogP contribution >= 0.6 is 0 Å². The van der Waals surface area contributed by atoms with Gasteiger partial charge in [-0.2, -0.15) is 0 Å². The standard InChI is InChI=1S/C14H16/c1-13(2)9-5-3-6-10-14-11-7-4-8-12-14/h3-9,11-12H,1,10H2,2H3/b6-3+,9-5+. The van der Waals surface area contributed by atoms with Crippen LogP contribution in [0.25, 0.3) is 0 Å². The summed E-state index contributed by atoms with van der Waals surface area (Å²) in [7, 11) is 0. The molecule has 1 aromatic rings. The van der Waals surface area contributed by atoms with Gasteiger partial charge in [0.2, 0.25) is 0 Å². The van der Waals surface area contributed by atoms with Gasteiger partial charge in [0.1, 0.15) is 0 Å². The lowest BCUT2D eigenvalue weighted by Gasteiger charge is -1.92. The molecule has 0 nitrogen and oxygen atoms in total. The van der Waals surface area contributed by atoms with Gasteiger partial charge in [0.15, 0.2) is 0 Å². The Morgan fingerprint density at radius 1 is 1.21 bits per heavy atom. The van der Waals surface area contributed by atoms with E-state index in [2.05, 4.69) is 43.0 Å². The minimum Gasteiger partial charge on any atom is -0.0961 e. The Morgan fingerprint density at radius 3 is 2.57 bits per heavy atom. The normalized spacial score (nSPS) is 11.2. The fourth-order valence-electron chi connectivity index (χ4n) is 1.12. The number of benzene rings is 1. The van der Waals surface area contributed by atoms with Gasteiger partial charge in [-0.1, -0.05) is 66.8 Å². The highest BCUT2D eigenvalue weighted by molar-refractivity contribution is 5.21. The van der Waals surface area contributed by atoms with E-state index < -0.39 is 0 Å². The van der Waals surface area contributed by atoms with Crippen LogP contribution in [0.3, 0.4) is 0 Å². The van der Waals surface area contributed by atoms with Gasteiger partial charge in [-0.3, -0.25) is 0 Å². The Balaban J connectivity index is 2.38.